The highest BCUT2D eigenvalue weighted by Gasteiger charge is 2.18. The number of urea groups is 1. The number of benzene rings is 1. The molecule has 0 bridgehead atoms. The van der Waals surface area contributed by atoms with Crippen molar-refractivity contribution in [3.63, 3.8) is 0 Å². The summed E-state index contributed by atoms with van der Waals surface area (Å²) >= 11 is 0. The van der Waals surface area contributed by atoms with Gasteiger partial charge in [-0.25, -0.2) is 14.8 Å². The van der Waals surface area contributed by atoms with E-state index in [0.29, 0.717) is 17.8 Å². The first-order valence-electron chi connectivity index (χ1n) is 9.52. The van der Waals surface area contributed by atoms with Crippen molar-refractivity contribution >= 4 is 23.5 Å². The van der Waals surface area contributed by atoms with E-state index in [4.69, 9.17) is 0 Å². The summed E-state index contributed by atoms with van der Waals surface area (Å²) in [5.74, 6) is 0.796. The monoisotopic (exact) mass is 382 g/mol. The van der Waals surface area contributed by atoms with E-state index in [2.05, 4.69) is 30.4 Å². The second-order valence-corrected chi connectivity index (χ2v) is 6.75. The van der Waals surface area contributed by atoms with Gasteiger partial charge < -0.3 is 15.5 Å². The Morgan fingerprint density at radius 2 is 1.71 bits per heavy atom. The first kappa shape index (κ1) is 19.8. The van der Waals surface area contributed by atoms with E-state index < -0.39 is 0 Å². The van der Waals surface area contributed by atoms with Gasteiger partial charge in [0.15, 0.2) is 5.78 Å². The molecule has 1 aliphatic heterocycles. The molecule has 1 aliphatic rings. The number of nitrogens with one attached hydrogen (secondary N) is 2. The van der Waals surface area contributed by atoms with Gasteiger partial charge in [-0.2, -0.15) is 0 Å². The summed E-state index contributed by atoms with van der Waals surface area (Å²) in [5.41, 5.74) is 1.30. The molecule has 0 unspecified atom stereocenters. The third-order valence-electron chi connectivity index (χ3n) is 4.69. The van der Waals surface area contributed by atoms with Crippen LogP contribution in [0.15, 0.2) is 42.7 Å². The van der Waals surface area contributed by atoms with Crippen molar-refractivity contribution < 1.29 is 9.59 Å². The number of anilines is 2. The van der Waals surface area contributed by atoms with E-state index in [1.807, 2.05) is 6.07 Å². The normalized spacial score (nSPS) is 14.5. The smallest absolute Gasteiger partial charge is 0.319 e. The first-order valence-corrected chi connectivity index (χ1v) is 9.52. The van der Waals surface area contributed by atoms with Crippen molar-refractivity contribution in [2.75, 3.05) is 49.5 Å². The summed E-state index contributed by atoms with van der Waals surface area (Å²) in [6, 6.07) is 8.46. The number of rotatable bonds is 7. The Balaban J connectivity index is 1.30. The number of carbonyl (C=O) groups is 2. The SMILES string of the molecule is CC(=O)c1ccc(NC(=O)NCCCN2CCN(c3ncccn3)CC2)cc1. The van der Waals surface area contributed by atoms with Crippen molar-refractivity contribution in [3.8, 4) is 0 Å². The number of Topliss-reactive ketones (excluding diaryl/α,β-unsaturated/α-hetero) is 1. The zero-order valence-corrected chi connectivity index (χ0v) is 16.1. The van der Waals surface area contributed by atoms with Crippen LogP contribution in [0.25, 0.3) is 0 Å². The van der Waals surface area contributed by atoms with Crippen LogP contribution in [0, 0.1) is 0 Å². The van der Waals surface area contributed by atoms with Crippen molar-refractivity contribution in [2.24, 2.45) is 0 Å². The maximum absolute atomic E-state index is 12.0. The number of hydrogen-bond donors (Lipinski definition) is 2. The molecule has 0 aliphatic carbocycles. The molecule has 0 spiro atoms. The van der Waals surface area contributed by atoms with E-state index >= 15 is 0 Å². The van der Waals surface area contributed by atoms with E-state index in [-0.39, 0.29) is 11.8 Å². The Hall–Kier alpha value is -3.00. The standard InChI is InChI=1S/C20H26N6O2/c1-16(27)17-4-6-18(7-5-17)24-20(28)23-10-3-11-25-12-14-26(15-13-25)19-21-8-2-9-22-19/h2,4-9H,3,10-15H2,1H3,(H2,23,24,28). The van der Waals surface area contributed by atoms with Gasteiger partial charge in [-0.05, 0) is 50.2 Å². The fourth-order valence-corrected chi connectivity index (χ4v) is 3.09. The number of hydrogen-bond acceptors (Lipinski definition) is 6. The Morgan fingerprint density at radius 1 is 1.04 bits per heavy atom. The minimum Gasteiger partial charge on any atom is -0.338 e. The van der Waals surface area contributed by atoms with Gasteiger partial charge in [0, 0.05) is 56.4 Å². The van der Waals surface area contributed by atoms with Crippen LogP contribution >= 0.6 is 0 Å². The highest BCUT2D eigenvalue weighted by molar-refractivity contribution is 5.95. The quantitative estimate of drug-likeness (QED) is 0.562. The van der Waals surface area contributed by atoms with Crippen molar-refractivity contribution in [1.29, 1.82) is 0 Å². The topological polar surface area (TPSA) is 90.5 Å². The summed E-state index contributed by atoms with van der Waals surface area (Å²) < 4.78 is 0. The molecule has 8 heteroatoms. The Bertz CT molecular complexity index is 773. The average Bonchev–Trinajstić information content (AvgIpc) is 2.73. The Morgan fingerprint density at radius 3 is 2.36 bits per heavy atom. The number of amides is 2. The molecule has 0 radical (unpaired) electrons. The Labute approximate surface area is 165 Å². The lowest BCUT2D eigenvalue weighted by molar-refractivity contribution is 0.101. The van der Waals surface area contributed by atoms with Crippen molar-refractivity contribution in [3.05, 3.63) is 48.3 Å². The molecule has 2 aromatic rings. The summed E-state index contributed by atoms with van der Waals surface area (Å²) in [6.45, 7) is 6.82. The zero-order valence-electron chi connectivity index (χ0n) is 16.1. The lowest BCUT2D eigenvalue weighted by Gasteiger charge is -2.34. The lowest BCUT2D eigenvalue weighted by Crippen LogP contribution is -2.47. The van der Waals surface area contributed by atoms with E-state index in [1.165, 1.54) is 6.92 Å². The molecule has 8 nitrogen and oxygen atoms in total. The van der Waals surface area contributed by atoms with Crippen molar-refractivity contribution in [2.45, 2.75) is 13.3 Å². The molecular formula is C20H26N6O2. The molecule has 3 rings (SSSR count). The van der Waals surface area contributed by atoms with Crippen LogP contribution in [0.1, 0.15) is 23.7 Å². The minimum atomic E-state index is -0.235. The summed E-state index contributed by atoms with van der Waals surface area (Å²) in [4.78, 5) is 36.4. The van der Waals surface area contributed by atoms with Crippen LogP contribution in [-0.4, -0.2) is 66.0 Å². The first-order chi connectivity index (χ1) is 13.6. The van der Waals surface area contributed by atoms with Gasteiger partial charge in [0.25, 0.3) is 0 Å². The van der Waals surface area contributed by atoms with E-state index in [9.17, 15) is 9.59 Å². The molecular weight excluding hydrogens is 356 g/mol. The molecule has 2 heterocycles. The third kappa shape index (κ3) is 5.75. The molecule has 1 saturated heterocycles. The second-order valence-electron chi connectivity index (χ2n) is 6.75. The van der Waals surface area contributed by atoms with Gasteiger partial charge in [-0.15, -0.1) is 0 Å². The highest BCUT2D eigenvalue weighted by atomic mass is 16.2. The van der Waals surface area contributed by atoms with Gasteiger partial charge in [0.2, 0.25) is 5.95 Å². The van der Waals surface area contributed by atoms with Gasteiger partial charge in [-0.1, -0.05) is 0 Å². The van der Waals surface area contributed by atoms with Gasteiger partial charge >= 0.3 is 6.03 Å². The fourth-order valence-electron chi connectivity index (χ4n) is 3.09. The maximum atomic E-state index is 12.0. The van der Waals surface area contributed by atoms with Crippen LogP contribution in [-0.2, 0) is 0 Å². The number of piperazine rings is 1. The van der Waals surface area contributed by atoms with Crippen LogP contribution in [0.4, 0.5) is 16.4 Å². The predicted octanol–water partition coefficient (Wildman–Crippen LogP) is 2.01. The summed E-state index contributed by atoms with van der Waals surface area (Å²) in [6.07, 6.45) is 4.42. The van der Waals surface area contributed by atoms with Crippen LogP contribution < -0.4 is 15.5 Å². The van der Waals surface area contributed by atoms with Crippen molar-refractivity contribution in [1.82, 2.24) is 20.2 Å². The number of nitrogens with zero attached hydrogens (tertiary/aromatic N) is 4. The average molecular weight is 382 g/mol. The number of aromatic nitrogens is 2. The molecule has 0 saturated carbocycles. The second kappa shape index (κ2) is 9.80. The summed E-state index contributed by atoms with van der Waals surface area (Å²) in [7, 11) is 0. The maximum Gasteiger partial charge on any atom is 0.319 e. The van der Waals surface area contributed by atoms with Gasteiger partial charge in [-0.3, -0.25) is 9.69 Å². The van der Waals surface area contributed by atoms with E-state index in [1.54, 1.807) is 36.7 Å². The minimum absolute atomic E-state index is 0.00753. The molecule has 0 atom stereocenters. The predicted molar refractivity (Wildman–Crippen MR) is 109 cm³/mol. The van der Waals surface area contributed by atoms with Gasteiger partial charge in [0.05, 0.1) is 0 Å². The molecule has 1 aromatic carbocycles. The third-order valence-corrected chi connectivity index (χ3v) is 4.69. The molecule has 2 N–H and O–H groups in total. The summed E-state index contributed by atoms with van der Waals surface area (Å²) in [5, 5.41) is 5.64. The Kier molecular flexibility index (Phi) is 6.91. The number of ketones is 1. The molecule has 28 heavy (non-hydrogen) atoms. The van der Waals surface area contributed by atoms with E-state index in [0.717, 1.165) is 45.1 Å². The molecule has 2 amide bonds. The van der Waals surface area contributed by atoms with Crippen LogP contribution in [0.2, 0.25) is 0 Å². The fraction of sp³-hybridized carbons (Fsp3) is 0.400. The molecule has 148 valence electrons. The number of carbonyl (C=O) groups excluding carboxylic acids is 2. The van der Waals surface area contributed by atoms with Crippen LogP contribution in [0.3, 0.4) is 0 Å². The zero-order chi connectivity index (χ0) is 19.8. The largest absolute Gasteiger partial charge is 0.338 e. The molecule has 1 fully saturated rings. The van der Waals surface area contributed by atoms with Gasteiger partial charge in [0.1, 0.15) is 0 Å². The highest BCUT2D eigenvalue weighted by Crippen LogP contribution is 2.11. The van der Waals surface area contributed by atoms with Crippen LogP contribution in [0.5, 0.6) is 0 Å². The lowest BCUT2D eigenvalue weighted by atomic mass is 10.1. The molecule has 1 aromatic heterocycles.